The number of aryl methyl sites for hydroxylation is 1. The van der Waals surface area contributed by atoms with E-state index in [0.29, 0.717) is 33.3 Å². The van der Waals surface area contributed by atoms with Crippen LogP contribution in [-0.4, -0.2) is 31.3 Å². The highest BCUT2D eigenvalue weighted by Crippen LogP contribution is 2.23. The highest BCUT2D eigenvalue weighted by Gasteiger charge is 2.11. The summed E-state index contributed by atoms with van der Waals surface area (Å²) < 4.78 is 10.5. The van der Waals surface area contributed by atoms with Gasteiger partial charge in [0, 0.05) is 16.1 Å². The number of ether oxygens (including phenoxy) is 2. The average molecular weight is 410 g/mol. The van der Waals surface area contributed by atoms with Crippen LogP contribution in [-0.2, 0) is 0 Å². The maximum Gasteiger partial charge on any atom is 0.273 e. The van der Waals surface area contributed by atoms with E-state index in [1.807, 2.05) is 18.2 Å². The van der Waals surface area contributed by atoms with E-state index in [4.69, 9.17) is 21.1 Å². The summed E-state index contributed by atoms with van der Waals surface area (Å²) in [5.74, 6) is 0.925. The van der Waals surface area contributed by atoms with E-state index in [0.717, 1.165) is 11.3 Å². The number of rotatable bonds is 6. The molecule has 1 amide bonds. The predicted octanol–water partition coefficient (Wildman–Crippen LogP) is 4.49. The Kier molecular flexibility index (Phi) is 6.46. The number of carbonyl (C=O) groups is 1. The molecule has 0 atom stereocenters. The third kappa shape index (κ3) is 4.92. The van der Waals surface area contributed by atoms with Crippen LogP contribution in [0.15, 0.2) is 59.7 Å². The molecule has 3 rings (SSSR count). The molecule has 0 aliphatic rings. The molecule has 0 saturated carbocycles. The van der Waals surface area contributed by atoms with Gasteiger partial charge in [0.2, 0.25) is 0 Å². The molecule has 6 nitrogen and oxygen atoms in total. The van der Waals surface area contributed by atoms with E-state index in [-0.39, 0.29) is 5.91 Å². The summed E-state index contributed by atoms with van der Waals surface area (Å²) in [7, 11) is 3.14. The molecule has 0 aliphatic heterocycles. The van der Waals surface area contributed by atoms with Gasteiger partial charge in [-0.2, -0.15) is 5.10 Å². The zero-order valence-electron chi connectivity index (χ0n) is 16.3. The monoisotopic (exact) mass is 409 g/mol. The summed E-state index contributed by atoms with van der Waals surface area (Å²) >= 11 is 6.04. The van der Waals surface area contributed by atoms with Crippen molar-refractivity contribution in [3.05, 3.63) is 76.4 Å². The van der Waals surface area contributed by atoms with Crippen LogP contribution in [0.2, 0.25) is 5.02 Å². The summed E-state index contributed by atoms with van der Waals surface area (Å²) in [5, 5.41) is 4.66. The van der Waals surface area contributed by atoms with Crippen LogP contribution < -0.4 is 14.9 Å². The first-order valence-corrected chi connectivity index (χ1v) is 9.18. The fourth-order valence-electron chi connectivity index (χ4n) is 2.77. The maximum atomic E-state index is 12.5. The standard InChI is InChI=1S/C22H20ClN3O3/c1-14-19(8-9-20(25-14)15-5-4-6-17(23)11-15)22(27)26-24-13-16-12-18(28-2)7-10-21(16)29-3/h4-13H,1-3H3,(H,26,27)/b24-13+. The van der Waals surface area contributed by atoms with Crippen LogP contribution >= 0.6 is 11.6 Å². The SMILES string of the molecule is COc1ccc(OC)c(/C=N/NC(=O)c2ccc(-c3cccc(Cl)c3)nc2C)c1. The molecule has 0 spiro atoms. The highest BCUT2D eigenvalue weighted by molar-refractivity contribution is 6.30. The summed E-state index contributed by atoms with van der Waals surface area (Å²) in [5.41, 5.74) is 5.85. The number of nitrogens with one attached hydrogen (secondary N) is 1. The topological polar surface area (TPSA) is 72.8 Å². The summed E-state index contributed by atoms with van der Waals surface area (Å²) in [6, 6.07) is 16.2. The lowest BCUT2D eigenvalue weighted by molar-refractivity contribution is 0.0954. The second kappa shape index (κ2) is 9.21. The smallest absolute Gasteiger partial charge is 0.273 e. The van der Waals surface area contributed by atoms with E-state index in [2.05, 4.69) is 15.5 Å². The number of halogens is 1. The normalized spacial score (nSPS) is 10.8. The highest BCUT2D eigenvalue weighted by atomic mass is 35.5. The fraction of sp³-hybridized carbons (Fsp3) is 0.136. The fourth-order valence-corrected chi connectivity index (χ4v) is 2.96. The van der Waals surface area contributed by atoms with Gasteiger partial charge in [-0.15, -0.1) is 0 Å². The van der Waals surface area contributed by atoms with Crippen LogP contribution in [0.3, 0.4) is 0 Å². The number of carbonyl (C=O) groups excluding carboxylic acids is 1. The lowest BCUT2D eigenvalue weighted by Gasteiger charge is -2.08. The van der Waals surface area contributed by atoms with Crippen molar-refractivity contribution < 1.29 is 14.3 Å². The Labute approximate surface area is 174 Å². The van der Waals surface area contributed by atoms with Crippen LogP contribution in [0, 0.1) is 6.92 Å². The third-order valence-corrected chi connectivity index (χ3v) is 4.49. The third-order valence-electron chi connectivity index (χ3n) is 4.26. The second-order valence-electron chi connectivity index (χ2n) is 6.15. The Hall–Kier alpha value is -3.38. The number of nitrogens with zero attached hydrogens (tertiary/aromatic N) is 2. The minimum absolute atomic E-state index is 0.356. The van der Waals surface area contributed by atoms with Crippen LogP contribution in [0.5, 0.6) is 11.5 Å². The first-order valence-electron chi connectivity index (χ1n) is 8.81. The zero-order valence-corrected chi connectivity index (χ0v) is 17.0. The van der Waals surface area contributed by atoms with Gasteiger partial charge in [0.1, 0.15) is 11.5 Å². The quantitative estimate of drug-likeness (QED) is 0.481. The Morgan fingerprint density at radius 1 is 1.10 bits per heavy atom. The van der Waals surface area contributed by atoms with Gasteiger partial charge < -0.3 is 9.47 Å². The van der Waals surface area contributed by atoms with Gasteiger partial charge in [-0.3, -0.25) is 9.78 Å². The van der Waals surface area contributed by atoms with Crippen molar-refractivity contribution in [1.82, 2.24) is 10.4 Å². The molecule has 0 radical (unpaired) electrons. The summed E-state index contributed by atoms with van der Waals surface area (Å²) in [4.78, 5) is 17.0. The first kappa shape index (κ1) is 20.4. The van der Waals surface area contributed by atoms with Crippen molar-refractivity contribution in [3.63, 3.8) is 0 Å². The lowest BCUT2D eigenvalue weighted by Crippen LogP contribution is -2.19. The number of hydrogen-bond acceptors (Lipinski definition) is 5. The van der Waals surface area contributed by atoms with Crippen LogP contribution in [0.1, 0.15) is 21.6 Å². The summed E-state index contributed by atoms with van der Waals surface area (Å²) in [6.45, 7) is 1.78. The molecular formula is C22H20ClN3O3. The van der Waals surface area contributed by atoms with E-state index in [1.165, 1.54) is 6.21 Å². The maximum absolute atomic E-state index is 12.5. The van der Waals surface area contributed by atoms with Gasteiger partial charge in [-0.05, 0) is 49.4 Å². The van der Waals surface area contributed by atoms with Gasteiger partial charge >= 0.3 is 0 Å². The number of benzene rings is 2. The summed E-state index contributed by atoms with van der Waals surface area (Å²) in [6.07, 6.45) is 1.50. The molecule has 0 saturated heterocycles. The second-order valence-corrected chi connectivity index (χ2v) is 6.58. The van der Waals surface area contributed by atoms with Gasteiger partial charge in [0.15, 0.2) is 0 Å². The molecule has 1 N–H and O–H groups in total. The number of amides is 1. The molecular weight excluding hydrogens is 390 g/mol. The van der Waals surface area contributed by atoms with Crippen molar-refractivity contribution in [3.8, 4) is 22.8 Å². The molecule has 3 aromatic rings. The molecule has 1 aromatic heterocycles. The molecule has 29 heavy (non-hydrogen) atoms. The minimum atomic E-state index is -0.356. The van der Waals surface area contributed by atoms with Crippen molar-refractivity contribution in [2.75, 3.05) is 14.2 Å². The molecule has 2 aromatic carbocycles. The van der Waals surface area contributed by atoms with E-state index in [9.17, 15) is 4.79 Å². The first-order chi connectivity index (χ1) is 14.0. The van der Waals surface area contributed by atoms with Crippen molar-refractivity contribution >= 4 is 23.7 Å². The number of hydrazone groups is 1. The molecule has 0 fully saturated rings. The Balaban J connectivity index is 1.75. The molecule has 0 bridgehead atoms. The van der Waals surface area contributed by atoms with Crippen LogP contribution in [0.25, 0.3) is 11.3 Å². The van der Waals surface area contributed by atoms with Crippen molar-refractivity contribution in [2.45, 2.75) is 6.92 Å². The predicted molar refractivity (Wildman–Crippen MR) is 114 cm³/mol. The van der Waals surface area contributed by atoms with E-state index >= 15 is 0 Å². The lowest BCUT2D eigenvalue weighted by atomic mass is 10.1. The molecule has 0 unspecified atom stereocenters. The Morgan fingerprint density at radius 3 is 2.62 bits per heavy atom. The molecule has 148 valence electrons. The van der Waals surface area contributed by atoms with Crippen molar-refractivity contribution in [1.29, 1.82) is 0 Å². The molecule has 1 heterocycles. The number of pyridine rings is 1. The molecule has 7 heteroatoms. The van der Waals surface area contributed by atoms with Crippen molar-refractivity contribution in [2.24, 2.45) is 5.10 Å². The van der Waals surface area contributed by atoms with E-state index in [1.54, 1.807) is 57.5 Å². The average Bonchev–Trinajstić information content (AvgIpc) is 2.73. The van der Waals surface area contributed by atoms with E-state index < -0.39 is 0 Å². The molecule has 0 aliphatic carbocycles. The number of hydrogen-bond donors (Lipinski definition) is 1. The number of methoxy groups -OCH3 is 2. The van der Waals surface area contributed by atoms with Gasteiger partial charge in [-0.25, -0.2) is 5.43 Å². The van der Waals surface area contributed by atoms with Crippen LogP contribution in [0.4, 0.5) is 0 Å². The van der Waals surface area contributed by atoms with Gasteiger partial charge in [0.05, 0.1) is 37.4 Å². The zero-order chi connectivity index (χ0) is 20.8. The Morgan fingerprint density at radius 2 is 1.93 bits per heavy atom. The van der Waals surface area contributed by atoms with Gasteiger partial charge in [0.25, 0.3) is 5.91 Å². The Bertz CT molecular complexity index is 1070. The van der Waals surface area contributed by atoms with Gasteiger partial charge in [-0.1, -0.05) is 23.7 Å². The largest absolute Gasteiger partial charge is 0.497 e. The number of aromatic nitrogens is 1. The minimum Gasteiger partial charge on any atom is -0.497 e.